The van der Waals surface area contributed by atoms with E-state index in [1.165, 1.54) is 13.2 Å². The standard InChI is InChI=1S/C12H8ClF2NO4/c1-19-6-4-7(14)11(8(15)5-6)12(13)9-2-3-10(20-9)16(17)18/h2-5,12H,1H3. The van der Waals surface area contributed by atoms with Gasteiger partial charge in [-0.15, -0.1) is 11.6 Å². The Kier molecular flexibility index (Phi) is 3.89. The molecule has 1 atom stereocenters. The Balaban J connectivity index is 2.42. The third kappa shape index (κ3) is 2.57. The summed E-state index contributed by atoms with van der Waals surface area (Å²) in [6.45, 7) is 0. The summed E-state index contributed by atoms with van der Waals surface area (Å²) in [6, 6.07) is 4.18. The third-order valence-electron chi connectivity index (χ3n) is 2.58. The topological polar surface area (TPSA) is 65.5 Å². The molecular weight excluding hydrogens is 296 g/mol. The van der Waals surface area contributed by atoms with Crippen molar-refractivity contribution in [1.82, 2.24) is 0 Å². The number of hydrogen-bond acceptors (Lipinski definition) is 4. The van der Waals surface area contributed by atoms with Gasteiger partial charge in [0.1, 0.15) is 33.4 Å². The van der Waals surface area contributed by atoms with Crippen molar-refractivity contribution >= 4 is 17.5 Å². The molecule has 2 aromatic rings. The lowest BCUT2D eigenvalue weighted by Gasteiger charge is -2.11. The fourth-order valence-corrected chi connectivity index (χ4v) is 1.97. The van der Waals surface area contributed by atoms with Gasteiger partial charge in [0, 0.05) is 17.7 Å². The van der Waals surface area contributed by atoms with Gasteiger partial charge in [-0.3, -0.25) is 10.1 Å². The molecule has 0 spiro atoms. The number of nitrogens with zero attached hydrogens (tertiary/aromatic N) is 1. The zero-order valence-corrected chi connectivity index (χ0v) is 10.9. The first-order valence-corrected chi connectivity index (χ1v) is 5.78. The monoisotopic (exact) mass is 303 g/mol. The summed E-state index contributed by atoms with van der Waals surface area (Å²) >= 11 is 5.92. The molecule has 5 nitrogen and oxygen atoms in total. The van der Waals surface area contributed by atoms with E-state index >= 15 is 0 Å². The van der Waals surface area contributed by atoms with E-state index in [1.807, 2.05) is 0 Å². The molecular formula is C12H8ClF2NO4. The van der Waals surface area contributed by atoms with Crippen LogP contribution in [-0.4, -0.2) is 12.0 Å². The van der Waals surface area contributed by atoms with Crippen molar-refractivity contribution in [3.63, 3.8) is 0 Å². The minimum atomic E-state index is -1.32. The normalized spacial score (nSPS) is 12.2. The highest BCUT2D eigenvalue weighted by Crippen LogP contribution is 2.36. The second-order valence-electron chi connectivity index (χ2n) is 3.80. The summed E-state index contributed by atoms with van der Waals surface area (Å²) in [5.41, 5.74) is -0.461. The second kappa shape index (κ2) is 5.46. The van der Waals surface area contributed by atoms with Crippen LogP contribution in [0.15, 0.2) is 28.7 Å². The number of nitro groups is 1. The lowest BCUT2D eigenvalue weighted by atomic mass is 10.1. The maximum absolute atomic E-state index is 13.8. The van der Waals surface area contributed by atoms with Crippen molar-refractivity contribution < 1.29 is 22.9 Å². The molecule has 8 heteroatoms. The van der Waals surface area contributed by atoms with Gasteiger partial charge in [-0.05, 0) is 6.07 Å². The number of benzene rings is 1. The summed E-state index contributed by atoms with van der Waals surface area (Å²) in [5.74, 6) is -2.54. The molecule has 0 radical (unpaired) electrons. The summed E-state index contributed by atoms with van der Waals surface area (Å²) in [4.78, 5) is 9.72. The van der Waals surface area contributed by atoms with Crippen molar-refractivity contribution in [2.75, 3.05) is 7.11 Å². The summed E-state index contributed by atoms with van der Waals surface area (Å²) < 4.78 is 37.2. The largest absolute Gasteiger partial charge is 0.497 e. The van der Waals surface area contributed by atoms with Crippen molar-refractivity contribution in [1.29, 1.82) is 0 Å². The van der Waals surface area contributed by atoms with Crippen LogP contribution in [0.5, 0.6) is 5.75 Å². The number of halogens is 3. The van der Waals surface area contributed by atoms with Crippen molar-refractivity contribution in [3.05, 3.63) is 57.3 Å². The molecule has 20 heavy (non-hydrogen) atoms. The average Bonchev–Trinajstić information content (AvgIpc) is 2.87. The molecule has 0 aliphatic rings. The summed E-state index contributed by atoms with van der Waals surface area (Å²) in [7, 11) is 1.27. The molecule has 0 N–H and O–H groups in total. The van der Waals surface area contributed by atoms with Gasteiger partial charge in [0.05, 0.1) is 13.2 Å². The van der Waals surface area contributed by atoms with Crippen molar-refractivity contribution in [3.8, 4) is 5.75 Å². The van der Waals surface area contributed by atoms with E-state index in [0.29, 0.717) is 0 Å². The Morgan fingerprint density at radius 1 is 1.35 bits per heavy atom. The Morgan fingerprint density at radius 3 is 2.40 bits per heavy atom. The Morgan fingerprint density at radius 2 is 1.95 bits per heavy atom. The molecule has 0 amide bonds. The van der Waals surface area contributed by atoms with Gasteiger partial charge >= 0.3 is 5.88 Å². The smallest absolute Gasteiger partial charge is 0.433 e. The van der Waals surface area contributed by atoms with Crippen molar-refractivity contribution in [2.24, 2.45) is 0 Å². The van der Waals surface area contributed by atoms with Gasteiger partial charge < -0.3 is 9.15 Å². The van der Waals surface area contributed by atoms with E-state index in [1.54, 1.807) is 0 Å². The summed E-state index contributed by atoms with van der Waals surface area (Å²) in [6.07, 6.45) is 0. The van der Waals surface area contributed by atoms with Gasteiger partial charge in [0.25, 0.3) is 0 Å². The number of ether oxygens (including phenoxy) is 1. The number of methoxy groups -OCH3 is 1. The predicted molar refractivity (Wildman–Crippen MR) is 66.0 cm³/mol. The zero-order chi connectivity index (χ0) is 14.9. The van der Waals surface area contributed by atoms with Gasteiger partial charge in [0.2, 0.25) is 0 Å². The highest BCUT2D eigenvalue weighted by Gasteiger charge is 2.25. The molecule has 0 aliphatic heterocycles. The Hall–Kier alpha value is -2.15. The highest BCUT2D eigenvalue weighted by molar-refractivity contribution is 6.22. The van der Waals surface area contributed by atoms with E-state index in [4.69, 9.17) is 20.8 Å². The molecule has 0 fully saturated rings. The first kappa shape index (κ1) is 14.3. The molecule has 1 aromatic heterocycles. The minimum Gasteiger partial charge on any atom is -0.497 e. The van der Waals surface area contributed by atoms with E-state index in [9.17, 15) is 18.9 Å². The maximum atomic E-state index is 13.8. The molecule has 106 valence electrons. The van der Waals surface area contributed by atoms with Crippen LogP contribution in [0.1, 0.15) is 16.7 Å². The SMILES string of the molecule is COc1cc(F)c(C(Cl)c2ccc([N+](=O)[O-])o2)c(F)c1. The van der Waals surface area contributed by atoms with Crippen LogP contribution < -0.4 is 4.74 Å². The Bertz CT molecular complexity index is 636. The first-order valence-electron chi connectivity index (χ1n) is 5.35. The van der Waals surface area contributed by atoms with Gasteiger partial charge in [-0.1, -0.05) is 0 Å². The first-order chi connectivity index (χ1) is 9.43. The zero-order valence-electron chi connectivity index (χ0n) is 10.1. The molecule has 0 saturated carbocycles. The molecule has 2 rings (SSSR count). The fourth-order valence-electron chi connectivity index (χ4n) is 1.64. The molecule has 1 aromatic carbocycles. The third-order valence-corrected chi connectivity index (χ3v) is 3.02. The van der Waals surface area contributed by atoms with E-state index in [-0.39, 0.29) is 11.5 Å². The van der Waals surface area contributed by atoms with Crippen LogP contribution in [0.2, 0.25) is 0 Å². The van der Waals surface area contributed by atoms with Crippen molar-refractivity contribution in [2.45, 2.75) is 5.38 Å². The van der Waals surface area contributed by atoms with E-state index in [0.717, 1.165) is 18.2 Å². The summed E-state index contributed by atoms with van der Waals surface area (Å²) in [5, 5.41) is 9.17. The predicted octanol–water partition coefficient (Wildman–Crippen LogP) is 3.80. The Labute approximate surface area is 116 Å². The average molecular weight is 304 g/mol. The number of furan rings is 1. The quantitative estimate of drug-likeness (QED) is 0.489. The van der Waals surface area contributed by atoms with Gasteiger partial charge in [-0.25, -0.2) is 8.78 Å². The molecule has 0 aliphatic carbocycles. The highest BCUT2D eigenvalue weighted by atomic mass is 35.5. The molecule has 1 heterocycles. The number of alkyl halides is 1. The fraction of sp³-hybridized carbons (Fsp3) is 0.167. The van der Waals surface area contributed by atoms with Gasteiger partial charge in [-0.2, -0.15) is 0 Å². The van der Waals surface area contributed by atoms with Gasteiger partial charge in [0.15, 0.2) is 0 Å². The van der Waals surface area contributed by atoms with E-state index < -0.39 is 33.4 Å². The molecule has 1 unspecified atom stereocenters. The number of rotatable bonds is 4. The molecule has 0 saturated heterocycles. The minimum absolute atomic E-state index is 0.00181. The van der Waals surface area contributed by atoms with Crippen LogP contribution >= 0.6 is 11.6 Å². The maximum Gasteiger partial charge on any atom is 0.433 e. The van der Waals surface area contributed by atoms with E-state index in [2.05, 4.69) is 0 Å². The van der Waals surface area contributed by atoms with Crippen LogP contribution in [0.4, 0.5) is 14.7 Å². The van der Waals surface area contributed by atoms with Crippen LogP contribution in [0.25, 0.3) is 0 Å². The lowest BCUT2D eigenvalue weighted by molar-refractivity contribution is -0.402. The number of hydrogen-bond donors (Lipinski definition) is 0. The second-order valence-corrected chi connectivity index (χ2v) is 4.24. The van der Waals surface area contributed by atoms with Crippen LogP contribution in [0.3, 0.4) is 0 Å². The van der Waals surface area contributed by atoms with Crippen LogP contribution in [-0.2, 0) is 0 Å². The molecule has 0 bridgehead atoms. The lowest BCUT2D eigenvalue weighted by Crippen LogP contribution is -2.01. The van der Waals surface area contributed by atoms with Crippen LogP contribution in [0, 0.1) is 21.7 Å².